The fourth-order valence-corrected chi connectivity index (χ4v) is 4.81. The van der Waals surface area contributed by atoms with Gasteiger partial charge in [-0.2, -0.15) is 0 Å². The molecule has 32 heavy (non-hydrogen) atoms. The number of nitro groups is 1. The number of thiazole rings is 1. The van der Waals surface area contributed by atoms with Crippen LogP contribution in [0.15, 0.2) is 71.6 Å². The summed E-state index contributed by atoms with van der Waals surface area (Å²) in [5.41, 5.74) is 0.426. The van der Waals surface area contributed by atoms with Gasteiger partial charge >= 0.3 is 0 Å². The summed E-state index contributed by atoms with van der Waals surface area (Å²) in [6.07, 6.45) is 0. The van der Waals surface area contributed by atoms with E-state index < -0.39 is 26.7 Å². The number of fused-ring (bicyclic) bond motifs is 1. The second kappa shape index (κ2) is 8.32. The molecule has 4 aromatic rings. The zero-order valence-electron chi connectivity index (χ0n) is 16.0. The number of nitrogens with one attached hydrogen (secondary N) is 2. The van der Waals surface area contributed by atoms with Crippen molar-refractivity contribution >= 4 is 54.0 Å². The van der Waals surface area contributed by atoms with Crippen LogP contribution < -0.4 is 10.0 Å². The molecule has 0 saturated carbocycles. The van der Waals surface area contributed by atoms with Gasteiger partial charge in [-0.25, -0.2) is 17.8 Å². The number of aromatic nitrogens is 1. The Morgan fingerprint density at radius 1 is 1.06 bits per heavy atom. The molecule has 1 aromatic heterocycles. The number of anilines is 2. The second-order valence-electron chi connectivity index (χ2n) is 6.49. The van der Waals surface area contributed by atoms with Crippen LogP contribution in [0.2, 0.25) is 0 Å². The minimum atomic E-state index is -4.07. The Labute approximate surface area is 184 Å². The van der Waals surface area contributed by atoms with E-state index in [-0.39, 0.29) is 27.0 Å². The maximum Gasteiger partial charge on any atom is 0.270 e. The third-order valence-corrected chi connectivity index (χ3v) is 6.66. The smallest absolute Gasteiger partial charge is 0.270 e. The van der Waals surface area contributed by atoms with Gasteiger partial charge in [-0.3, -0.25) is 24.9 Å². The first-order chi connectivity index (χ1) is 15.2. The topological polar surface area (TPSA) is 131 Å². The summed E-state index contributed by atoms with van der Waals surface area (Å²) in [4.78, 5) is 27.3. The number of benzene rings is 3. The minimum absolute atomic E-state index is 0.0195. The fraction of sp³-hybridized carbons (Fsp3) is 0. The average molecular weight is 472 g/mol. The number of carbonyl (C=O) groups is 1. The van der Waals surface area contributed by atoms with Gasteiger partial charge in [-0.15, -0.1) is 0 Å². The van der Waals surface area contributed by atoms with Gasteiger partial charge < -0.3 is 0 Å². The van der Waals surface area contributed by atoms with Crippen LogP contribution in [0.3, 0.4) is 0 Å². The van der Waals surface area contributed by atoms with Crippen molar-refractivity contribution in [2.45, 2.75) is 4.90 Å². The summed E-state index contributed by atoms with van der Waals surface area (Å²) < 4.78 is 41.2. The van der Waals surface area contributed by atoms with Crippen molar-refractivity contribution in [1.82, 2.24) is 4.98 Å². The molecule has 0 aliphatic rings. The number of para-hydroxylation sites is 1. The summed E-state index contributed by atoms with van der Waals surface area (Å²) in [6.45, 7) is 0. The zero-order valence-corrected chi connectivity index (χ0v) is 17.6. The predicted octanol–water partition coefficient (Wildman–Crippen LogP) is 4.40. The highest BCUT2D eigenvalue weighted by Crippen LogP contribution is 2.30. The van der Waals surface area contributed by atoms with Gasteiger partial charge in [-0.05, 0) is 42.5 Å². The van der Waals surface area contributed by atoms with Crippen LogP contribution in [-0.4, -0.2) is 24.2 Å². The van der Waals surface area contributed by atoms with Crippen molar-refractivity contribution in [3.63, 3.8) is 0 Å². The van der Waals surface area contributed by atoms with Crippen LogP contribution in [0, 0.1) is 15.9 Å². The molecule has 4 rings (SSSR count). The summed E-state index contributed by atoms with van der Waals surface area (Å²) >= 11 is 1.05. The van der Waals surface area contributed by atoms with Crippen LogP contribution in [0.1, 0.15) is 10.4 Å². The molecule has 0 radical (unpaired) electrons. The maximum atomic E-state index is 13.1. The molecule has 1 heterocycles. The molecule has 0 aliphatic heterocycles. The number of nitro benzene ring substituents is 1. The Kier molecular flexibility index (Phi) is 5.55. The molecule has 0 atom stereocenters. The van der Waals surface area contributed by atoms with E-state index in [1.807, 2.05) is 0 Å². The summed E-state index contributed by atoms with van der Waals surface area (Å²) in [6, 6.07) is 14.4. The number of hydrogen-bond donors (Lipinski definition) is 2. The van der Waals surface area contributed by atoms with Crippen LogP contribution in [0.4, 0.5) is 20.9 Å². The van der Waals surface area contributed by atoms with Crippen molar-refractivity contribution in [2.75, 3.05) is 10.0 Å². The maximum absolute atomic E-state index is 13.1. The molecule has 3 aromatic carbocycles. The molecule has 0 fully saturated rings. The Morgan fingerprint density at radius 2 is 1.78 bits per heavy atom. The largest absolute Gasteiger partial charge is 0.298 e. The lowest BCUT2D eigenvalue weighted by Gasteiger charge is -2.12. The van der Waals surface area contributed by atoms with Crippen molar-refractivity contribution < 1.29 is 22.5 Å². The fourth-order valence-electron chi connectivity index (χ4n) is 2.83. The molecule has 12 heteroatoms. The predicted molar refractivity (Wildman–Crippen MR) is 118 cm³/mol. The van der Waals surface area contributed by atoms with Crippen LogP contribution >= 0.6 is 11.3 Å². The third-order valence-electron chi connectivity index (χ3n) is 4.34. The number of amides is 1. The SMILES string of the molecule is O=C(Nc1nc2ccc([N+](=O)[O-])cc2s1)c1ccccc1NS(=O)(=O)c1ccc(F)cc1. The van der Waals surface area contributed by atoms with Crippen molar-refractivity contribution in [3.05, 3.63) is 88.2 Å². The van der Waals surface area contributed by atoms with E-state index in [0.717, 1.165) is 35.6 Å². The highest BCUT2D eigenvalue weighted by atomic mass is 32.2. The number of nitrogens with zero attached hydrogens (tertiary/aromatic N) is 2. The lowest BCUT2D eigenvalue weighted by Crippen LogP contribution is -2.18. The van der Waals surface area contributed by atoms with E-state index in [1.54, 1.807) is 12.1 Å². The summed E-state index contributed by atoms with van der Waals surface area (Å²) in [7, 11) is -4.07. The first-order valence-electron chi connectivity index (χ1n) is 8.97. The zero-order chi connectivity index (χ0) is 22.9. The molecule has 0 aliphatic carbocycles. The lowest BCUT2D eigenvalue weighted by atomic mass is 10.2. The highest BCUT2D eigenvalue weighted by molar-refractivity contribution is 7.92. The monoisotopic (exact) mass is 472 g/mol. The van der Waals surface area contributed by atoms with Gasteiger partial charge in [0.1, 0.15) is 5.82 Å². The Morgan fingerprint density at radius 3 is 2.50 bits per heavy atom. The van der Waals surface area contributed by atoms with Gasteiger partial charge in [0.25, 0.3) is 21.6 Å². The number of sulfonamides is 1. The van der Waals surface area contributed by atoms with E-state index >= 15 is 0 Å². The van der Waals surface area contributed by atoms with Crippen molar-refractivity contribution in [1.29, 1.82) is 0 Å². The first kappa shape index (κ1) is 21.3. The van der Waals surface area contributed by atoms with Gasteiger partial charge in [0.05, 0.1) is 31.3 Å². The lowest BCUT2D eigenvalue weighted by molar-refractivity contribution is -0.384. The molecule has 2 N–H and O–H groups in total. The number of halogens is 1. The number of non-ortho nitro benzene ring substituents is 1. The molecule has 0 bridgehead atoms. The summed E-state index contributed by atoms with van der Waals surface area (Å²) in [5.74, 6) is -1.21. The van der Waals surface area contributed by atoms with Gasteiger partial charge in [0.2, 0.25) is 0 Å². The second-order valence-corrected chi connectivity index (χ2v) is 9.20. The van der Waals surface area contributed by atoms with Gasteiger partial charge in [0.15, 0.2) is 5.13 Å². The van der Waals surface area contributed by atoms with E-state index in [9.17, 15) is 27.7 Å². The van der Waals surface area contributed by atoms with E-state index in [0.29, 0.717) is 10.2 Å². The number of carbonyl (C=O) groups excluding carboxylic acids is 1. The average Bonchev–Trinajstić information content (AvgIpc) is 3.15. The number of rotatable bonds is 6. The third kappa shape index (κ3) is 4.40. The van der Waals surface area contributed by atoms with Crippen molar-refractivity contribution in [3.8, 4) is 0 Å². The molecular formula is C20H13FN4O5S2. The van der Waals surface area contributed by atoms with Crippen LogP contribution in [0.25, 0.3) is 10.2 Å². The molecular weight excluding hydrogens is 459 g/mol. The normalized spacial score (nSPS) is 11.3. The molecule has 0 unspecified atom stereocenters. The van der Waals surface area contributed by atoms with E-state index in [2.05, 4.69) is 15.0 Å². The van der Waals surface area contributed by atoms with Gasteiger partial charge in [0, 0.05) is 12.1 Å². The minimum Gasteiger partial charge on any atom is -0.298 e. The standard InChI is InChI=1S/C20H13FN4O5S2/c21-12-5-8-14(9-6-12)32(29,30)24-16-4-2-1-3-15(16)19(26)23-20-22-17-10-7-13(25(27)28)11-18(17)31-20/h1-11,24H,(H,22,23,26). The molecule has 0 saturated heterocycles. The Bertz CT molecular complexity index is 1450. The van der Waals surface area contributed by atoms with E-state index in [1.165, 1.54) is 30.3 Å². The summed E-state index contributed by atoms with van der Waals surface area (Å²) in [5, 5.41) is 13.7. The number of hydrogen-bond acceptors (Lipinski definition) is 7. The highest BCUT2D eigenvalue weighted by Gasteiger charge is 2.20. The van der Waals surface area contributed by atoms with Crippen molar-refractivity contribution in [2.24, 2.45) is 0 Å². The molecule has 0 spiro atoms. The van der Waals surface area contributed by atoms with Gasteiger partial charge in [-0.1, -0.05) is 23.5 Å². The molecule has 1 amide bonds. The van der Waals surface area contributed by atoms with Crippen LogP contribution in [-0.2, 0) is 10.0 Å². The molecule has 162 valence electrons. The Balaban J connectivity index is 1.59. The quantitative estimate of drug-likeness (QED) is 0.316. The van der Waals surface area contributed by atoms with Crippen LogP contribution in [0.5, 0.6) is 0 Å². The Hall–Kier alpha value is -3.90. The van der Waals surface area contributed by atoms with E-state index in [4.69, 9.17) is 0 Å². The first-order valence-corrected chi connectivity index (χ1v) is 11.3. The molecule has 9 nitrogen and oxygen atoms in total.